The fourth-order valence-corrected chi connectivity index (χ4v) is 2.54. The Hall–Kier alpha value is -2.03. The number of nitrogens with two attached hydrogens (primary N) is 1. The van der Waals surface area contributed by atoms with E-state index in [9.17, 15) is 5.11 Å². The number of hydrogen-bond acceptors (Lipinski definition) is 2. The summed E-state index contributed by atoms with van der Waals surface area (Å²) in [4.78, 5) is 0. The maximum Gasteiger partial charge on any atom is 0.124 e. The van der Waals surface area contributed by atoms with Crippen LogP contribution in [0.25, 0.3) is 21.9 Å². The Bertz CT molecular complexity index is 766. The molecular weight excluding hydrogens is 270 g/mol. The van der Waals surface area contributed by atoms with Crippen LogP contribution in [0, 0.1) is 0 Å². The summed E-state index contributed by atoms with van der Waals surface area (Å²) in [7, 11) is 0. The van der Waals surface area contributed by atoms with Gasteiger partial charge < -0.3 is 10.8 Å². The molecule has 0 aliphatic rings. The normalized spacial score (nSPS) is 10.9. The second-order valence-electron chi connectivity index (χ2n) is 4.73. The molecule has 0 aliphatic heterocycles. The summed E-state index contributed by atoms with van der Waals surface area (Å²) in [5.74, 6) is 0.264. The van der Waals surface area contributed by atoms with Crippen molar-refractivity contribution >= 4 is 22.4 Å². The SMILES string of the molecule is NCc1ccc2c(-c3ccc(Cl)cc3)c(O)ccc2c1. The minimum absolute atomic E-state index is 0.264. The van der Waals surface area contributed by atoms with Gasteiger partial charge in [0.05, 0.1) is 0 Å². The summed E-state index contributed by atoms with van der Waals surface area (Å²) in [6.07, 6.45) is 0. The Kier molecular flexibility index (Phi) is 3.35. The van der Waals surface area contributed by atoms with Gasteiger partial charge >= 0.3 is 0 Å². The summed E-state index contributed by atoms with van der Waals surface area (Å²) in [6.45, 7) is 0.507. The monoisotopic (exact) mass is 283 g/mol. The Morgan fingerprint density at radius 1 is 0.950 bits per heavy atom. The highest BCUT2D eigenvalue weighted by Crippen LogP contribution is 2.37. The molecule has 0 spiro atoms. The van der Waals surface area contributed by atoms with Crippen LogP contribution in [0.3, 0.4) is 0 Å². The summed E-state index contributed by atoms with van der Waals surface area (Å²) >= 11 is 5.92. The largest absolute Gasteiger partial charge is 0.507 e. The van der Waals surface area contributed by atoms with Crippen LogP contribution >= 0.6 is 11.6 Å². The minimum atomic E-state index is 0.264. The van der Waals surface area contributed by atoms with Crippen molar-refractivity contribution in [1.29, 1.82) is 0 Å². The number of aromatic hydroxyl groups is 1. The lowest BCUT2D eigenvalue weighted by Crippen LogP contribution is -1.95. The lowest BCUT2D eigenvalue weighted by atomic mass is 9.96. The number of halogens is 1. The first kappa shape index (κ1) is 13.0. The molecule has 0 unspecified atom stereocenters. The van der Waals surface area contributed by atoms with Crippen molar-refractivity contribution in [1.82, 2.24) is 0 Å². The van der Waals surface area contributed by atoms with E-state index in [1.165, 1.54) is 0 Å². The van der Waals surface area contributed by atoms with Crippen LogP contribution in [0.5, 0.6) is 5.75 Å². The van der Waals surface area contributed by atoms with Crippen LogP contribution in [-0.2, 0) is 6.54 Å². The van der Waals surface area contributed by atoms with Crippen LogP contribution in [-0.4, -0.2) is 5.11 Å². The molecule has 0 radical (unpaired) electrons. The van der Waals surface area contributed by atoms with E-state index in [1.54, 1.807) is 6.07 Å². The van der Waals surface area contributed by atoms with Gasteiger partial charge in [-0.2, -0.15) is 0 Å². The number of phenols is 1. The number of phenolic OH excluding ortho intramolecular Hbond substituents is 1. The van der Waals surface area contributed by atoms with Crippen LogP contribution in [0.4, 0.5) is 0 Å². The number of benzene rings is 3. The molecule has 3 heteroatoms. The fourth-order valence-electron chi connectivity index (χ4n) is 2.41. The predicted molar refractivity (Wildman–Crippen MR) is 84.0 cm³/mol. The van der Waals surface area contributed by atoms with Gasteiger partial charge in [-0.3, -0.25) is 0 Å². The molecule has 0 atom stereocenters. The molecule has 0 amide bonds. The molecule has 0 aromatic heterocycles. The van der Waals surface area contributed by atoms with Gasteiger partial charge in [-0.25, -0.2) is 0 Å². The predicted octanol–water partition coefficient (Wildman–Crippen LogP) is 4.32. The van der Waals surface area contributed by atoms with E-state index in [4.69, 9.17) is 17.3 Å². The first-order valence-electron chi connectivity index (χ1n) is 6.39. The molecule has 3 N–H and O–H groups in total. The molecule has 100 valence electrons. The highest BCUT2D eigenvalue weighted by atomic mass is 35.5. The lowest BCUT2D eigenvalue weighted by molar-refractivity contribution is 0.478. The van der Waals surface area contributed by atoms with Gasteiger partial charge in [-0.05, 0) is 46.2 Å². The Labute approximate surface area is 122 Å². The van der Waals surface area contributed by atoms with Crippen LogP contribution in [0.15, 0.2) is 54.6 Å². The van der Waals surface area contributed by atoms with Gasteiger partial charge in [0.1, 0.15) is 5.75 Å². The van der Waals surface area contributed by atoms with E-state index >= 15 is 0 Å². The molecule has 20 heavy (non-hydrogen) atoms. The molecule has 3 aromatic rings. The molecule has 0 saturated heterocycles. The quantitative estimate of drug-likeness (QED) is 0.735. The smallest absolute Gasteiger partial charge is 0.124 e. The molecule has 0 heterocycles. The Morgan fingerprint density at radius 2 is 1.70 bits per heavy atom. The van der Waals surface area contributed by atoms with E-state index in [0.717, 1.165) is 27.5 Å². The van der Waals surface area contributed by atoms with Crippen molar-refractivity contribution in [2.24, 2.45) is 5.73 Å². The zero-order chi connectivity index (χ0) is 14.1. The van der Waals surface area contributed by atoms with Crippen molar-refractivity contribution in [3.05, 3.63) is 65.2 Å². The Morgan fingerprint density at radius 3 is 2.40 bits per heavy atom. The summed E-state index contributed by atoms with van der Waals surface area (Å²) in [6, 6.07) is 17.1. The van der Waals surface area contributed by atoms with Gasteiger partial charge in [-0.15, -0.1) is 0 Å². The van der Waals surface area contributed by atoms with Crippen molar-refractivity contribution < 1.29 is 5.11 Å². The maximum atomic E-state index is 10.2. The summed E-state index contributed by atoms with van der Waals surface area (Å²) < 4.78 is 0. The topological polar surface area (TPSA) is 46.2 Å². The van der Waals surface area contributed by atoms with Crippen molar-refractivity contribution in [3.63, 3.8) is 0 Å². The number of hydrogen-bond donors (Lipinski definition) is 2. The van der Waals surface area contributed by atoms with E-state index in [2.05, 4.69) is 0 Å². The zero-order valence-corrected chi connectivity index (χ0v) is 11.6. The first-order chi connectivity index (χ1) is 9.69. The second-order valence-corrected chi connectivity index (χ2v) is 5.16. The highest BCUT2D eigenvalue weighted by molar-refractivity contribution is 6.30. The minimum Gasteiger partial charge on any atom is -0.507 e. The number of rotatable bonds is 2. The van der Waals surface area contributed by atoms with Gasteiger partial charge in [0, 0.05) is 17.1 Å². The second kappa shape index (κ2) is 5.16. The molecule has 0 bridgehead atoms. The first-order valence-corrected chi connectivity index (χ1v) is 6.77. The average molecular weight is 284 g/mol. The van der Waals surface area contributed by atoms with Crippen LogP contribution in [0.2, 0.25) is 5.02 Å². The molecule has 0 fully saturated rings. The van der Waals surface area contributed by atoms with Crippen LogP contribution < -0.4 is 5.73 Å². The van der Waals surface area contributed by atoms with Crippen molar-refractivity contribution in [2.75, 3.05) is 0 Å². The van der Waals surface area contributed by atoms with Crippen molar-refractivity contribution in [2.45, 2.75) is 6.54 Å². The molecule has 0 saturated carbocycles. The van der Waals surface area contributed by atoms with Gasteiger partial charge in [0.15, 0.2) is 0 Å². The Balaban J connectivity index is 2.28. The summed E-state index contributed by atoms with van der Waals surface area (Å²) in [5.41, 5.74) is 8.51. The van der Waals surface area contributed by atoms with E-state index in [1.807, 2.05) is 48.5 Å². The number of fused-ring (bicyclic) bond motifs is 1. The standard InChI is InChI=1S/C17H14ClNO/c18-14-5-2-12(3-6-14)17-15-7-1-11(10-19)9-13(15)4-8-16(17)20/h1-9,20H,10,19H2. The third-order valence-corrected chi connectivity index (χ3v) is 3.68. The highest BCUT2D eigenvalue weighted by Gasteiger charge is 2.09. The van der Waals surface area contributed by atoms with E-state index in [-0.39, 0.29) is 5.75 Å². The molecule has 0 aliphatic carbocycles. The van der Waals surface area contributed by atoms with Crippen LogP contribution in [0.1, 0.15) is 5.56 Å². The van der Waals surface area contributed by atoms with E-state index < -0.39 is 0 Å². The fraction of sp³-hybridized carbons (Fsp3) is 0.0588. The zero-order valence-electron chi connectivity index (χ0n) is 10.8. The van der Waals surface area contributed by atoms with E-state index in [0.29, 0.717) is 11.6 Å². The van der Waals surface area contributed by atoms with Crippen molar-refractivity contribution in [3.8, 4) is 16.9 Å². The molecular formula is C17H14ClNO. The summed E-state index contributed by atoms with van der Waals surface area (Å²) in [5, 5.41) is 12.9. The third kappa shape index (κ3) is 2.24. The maximum absolute atomic E-state index is 10.2. The lowest BCUT2D eigenvalue weighted by Gasteiger charge is -2.10. The van der Waals surface area contributed by atoms with Gasteiger partial charge in [-0.1, -0.05) is 41.9 Å². The van der Waals surface area contributed by atoms with Gasteiger partial charge in [0.25, 0.3) is 0 Å². The van der Waals surface area contributed by atoms with Gasteiger partial charge in [0.2, 0.25) is 0 Å². The average Bonchev–Trinajstić information content (AvgIpc) is 2.48. The molecule has 2 nitrogen and oxygen atoms in total. The molecule has 3 rings (SSSR count). The third-order valence-electron chi connectivity index (χ3n) is 3.43. The molecule has 3 aromatic carbocycles.